The molecule has 0 aliphatic rings. The Morgan fingerprint density at radius 3 is 2.75 bits per heavy atom. The van der Waals surface area contributed by atoms with Gasteiger partial charge in [-0.25, -0.2) is 9.37 Å². The van der Waals surface area contributed by atoms with Gasteiger partial charge in [-0.15, -0.1) is 0 Å². The second kappa shape index (κ2) is 6.01. The van der Waals surface area contributed by atoms with E-state index in [1.54, 1.807) is 19.2 Å². The molecule has 0 saturated carbocycles. The predicted octanol–water partition coefficient (Wildman–Crippen LogP) is 1.74. The number of hydrogen-bond donors (Lipinski definition) is 2. The first kappa shape index (κ1) is 13.8. The summed E-state index contributed by atoms with van der Waals surface area (Å²) in [7, 11) is 1.58. The number of hydrogen-bond acceptors (Lipinski definition) is 4. The van der Waals surface area contributed by atoms with Crippen LogP contribution in [0.15, 0.2) is 36.5 Å². The van der Waals surface area contributed by atoms with Crippen molar-refractivity contribution in [1.82, 2.24) is 10.3 Å². The van der Waals surface area contributed by atoms with E-state index in [2.05, 4.69) is 10.3 Å². The Labute approximate surface area is 115 Å². The van der Waals surface area contributed by atoms with Gasteiger partial charge in [0.2, 0.25) is 0 Å². The highest BCUT2D eigenvalue weighted by Crippen LogP contribution is 2.12. The zero-order valence-electron chi connectivity index (χ0n) is 10.9. The van der Waals surface area contributed by atoms with E-state index in [1.165, 1.54) is 0 Å². The summed E-state index contributed by atoms with van der Waals surface area (Å²) in [6, 6.07) is 8.30. The van der Waals surface area contributed by atoms with Crippen molar-refractivity contribution in [3.05, 3.63) is 53.5 Å². The first-order valence-corrected chi connectivity index (χ1v) is 5.92. The number of methoxy groups -OCH3 is 1. The average molecular weight is 275 g/mol. The lowest BCUT2D eigenvalue weighted by molar-refractivity contribution is 0.0951. The van der Waals surface area contributed by atoms with Crippen LogP contribution in [0.1, 0.15) is 15.9 Å². The minimum Gasteiger partial charge on any atom is -0.497 e. The van der Waals surface area contributed by atoms with E-state index in [9.17, 15) is 9.18 Å². The number of carbonyl (C=O) groups is 1. The number of pyridine rings is 1. The van der Waals surface area contributed by atoms with E-state index in [4.69, 9.17) is 10.5 Å². The number of rotatable bonds is 4. The lowest BCUT2D eigenvalue weighted by Crippen LogP contribution is -2.24. The molecule has 0 aliphatic carbocycles. The fourth-order valence-electron chi connectivity index (χ4n) is 1.65. The van der Waals surface area contributed by atoms with Gasteiger partial charge in [-0.1, -0.05) is 12.1 Å². The molecule has 0 unspecified atom stereocenters. The summed E-state index contributed by atoms with van der Waals surface area (Å²) in [6.45, 7) is 0.304. The predicted molar refractivity (Wildman–Crippen MR) is 72.8 cm³/mol. The second-order valence-corrected chi connectivity index (χ2v) is 4.12. The molecule has 2 rings (SSSR count). The van der Waals surface area contributed by atoms with Crippen molar-refractivity contribution < 1.29 is 13.9 Å². The molecule has 104 valence electrons. The lowest BCUT2D eigenvalue weighted by Gasteiger charge is -2.07. The summed E-state index contributed by atoms with van der Waals surface area (Å²) in [5, 5.41) is 2.65. The summed E-state index contributed by atoms with van der Waals surface area (Å²) in [5.74, 6) is -0.337. The highest BCUT2D eigenvalue weighted by Gasteiger charge is 2.11. The molecule has 3 N–H and O–H groups in total. The van der Waals surface area contributed by atoms with Gasteiger partial charge >= 0.3 is 0 Å². The van der Waals surface area contributed by atoms with Crippen molar-refractivity contribution >= 4 is 11.7 Å². The van der Waals surface area contributed by atoms with Crippen LogP contribution in [0.5, 0.6) is 5.75 Å². The molecule has 1 heterocycles. The Bertz CT molecular complexity index is 614. The number of nitrogens with two attached hydrogens (primary N) is 1. The summed E-state index contributed by atoms with van der Waals surface area (Å²) in [6.07, 6.45) is 0.968. The molecule has 1 aromatic heterocycles. The van der Waals surface area contributed by atoms with Gasteiger partial charge in [0.25, 0.3) is 5.91 Å². The van der Waals surface area contributed by atoms with E-state index in [0.717, 1.165) is 23.6 Å². The van der Waals surface area contributed by atoms with Crippen molar-refractivity contribution in [2.75, 3.05) is 12.8 Å². The molecule has 0 aliphatic heterocycles. The van der Waals surface area contributed by atoms with Gasteiger partial charge in [0.1, 0.15) is 17.4 Å². The van der Waals surface area contributed by atoms with E-state index in [1.807, 2.05) is 12.1 Å². The van der Waals surface area contributed by atoms with Crippen molar-refractivity contribution in [1.29, 1.82) is 0 Å². The molecule has 6 heteroatoms. The summed E-state index contributed by atoms with van der Waals surface area (Å²) in [5.41, 5.74) is 6.46. The summed E-state index contributed by atoms with van der Waals surface area (Å²) >= 11 is 0. The number of amides is 1. The van der Waals surface area contributed by atoms with E-state index >= 15 is 0 Å². The van der Waals surface area contributed by atoms with Crippen LogP contribution >= 0.6 is 0 Å². The van der Waals surface area contributed by atoms with E-state index < -0.39 is 11.7 Å². The van der Waals surface area contributed by atoms with Crippen molar-refractivity contribution in [3.63, 3.8) is 0 Å². The minimum atomic E-state index is -0.603. The highest BCUT2D eigenvalue weighted by molar-refractivity contribution is 5.98. The van der Waals surface area contributed by atoms with Gasteiger partial charge < -0.3 is 15.8 Å². The molecular weight excluding hydrogens is 261 g/mol. The molecule has 2 aromatic rings. The van der Waals surface area contributed by atoms with Crippen LogP contribution in [-0.4, -0.2) is 18.0 Å². The van der Waals surface area contributed by atoms with Crippen LogP contribution in [-0.2, 0) is 6.54 Å². The number of nitrogens with zero attached hydrogens (tertiary/aromatic N) is 1. The number of nitrogens with one attached hydrogen (secondary N) is 1. The van der Waals surface area contributed by atoms with Crippen molar-refractivity contribution in [3.8, 4) is 5.75 Å². The smallest absolute Gasteiger partial charge is 0.255 e. The molecule has 1 amide bonds. The molecule has 0 bridgehead atoms. The molecule has 0 fully saturated rings. The van der Waals surface area contributed by atoms with Gasteiger partial charge in [-0.3, -0.25) is 4.79 Å². The SMILES string of the molecule is COc1ccc(CNC(=O)c2cc(F)cnc2N)cc1. The topological polar surface area (TPSA) is 77.2 Å². The number of ether oxygens (including phenoxy) is 1. The molecule has 0 saturated heterocycles. The standard InChI is InChI=1S/C14H14FN3O2/c1-20-11-4-2-9(3-5-11)7-18-14(19)12-6-10(15)8-17-13(12)16/h2-6,8H,7H2,1H3,(H2,16,17)(H,18,19). The number of nitrogen functional groups attached to an aromatic ring is 1. The molecule has 5 nitrogen and oxygen atoms in total. The fourth-order valence-corrected chi connectivity index (χ4v) is 1.65. The number of halogens is 1. The second-order valence-electron chi connectivity index (χ2n) is 4.12. The molecular formula is C14H14FN3O2. The third-order valence-electron chi connectivity index (χ3n) is 2.74. The molecule has 1 aromatic carbocycles. The maximum Gasteiger partial charge on any atom is 0.255 e. The summed E-state index contributed by atoms with van der Waals surface area (Å²) < 4.78 is 18.1. The number of benzene rings is 1. The minimum absolute atomic E-state index is 0.00127. The highest BCUT2D eigenvalue weighted by atomic mass is 19.1. The Kier molecular flexibility index (Phi) is 4.14. The lowest BCUT2D eigenvalue weighted by atomic mass is 10.2. The Balaban J connectivity index is 2.02. The quantitative estimate of drug-likeness (QED) is 0.891. The number of anilines is 1. The fraction of sp³-hybridized carbons (Fsp3) is 0.143. The van der Waals surface area contributed by atoms with Crippen LogP contribution in [0.4, 0.5) is 10.2 Å². The van der Waals surface area contributed by atoms with Gasteiger partial charge in [0.15, 0.2) is 0 Å². The van der Waals surface area contributed by atoms with Crippen LogP contribution in [0.25, 0.3) is 0 Å². The molecule has 0 spiro atoms. The Morgan fingerprint density at radius 1 is 1.40 bits per heavy atom. The third kappa shape index (κ3) is 3.23. The van der Waals surface area contributed by atoms with Crippen LogP contribution in [0.3, 0.4) is 0 Å². The van der Waals surface area contributed by atoms with Crippen LogP contribution in [0.2, 0.25) is 0 Å². The van der Waals surface area contributed by atoms with E-state index in [0.29, 0.717) is 6.54 Å². The average Bonchev–Trinajstić information content (AvgIpc) is 2.47. The van der Waals surface area contributed by atoms with Gasteiger partial charge in [0.05, 0.1) is 18.9 Å². The maximum absolute atomic E-state index is 13.0. The van der Waals surface area contributed by atoms with Gasteiger partial charge in [-0.2, -0.15) is 0 Å². The molecule has 0 radical (unpaired) electrons. The first-order chi connectivity index (χ1) is 9.60. The molecule has 20 heavy (non-hydrogen) atoms. The third-order valence-corrected chi connectivity index (χ3v) is 2.74. The van der Waals surface area contributed by atoms with Crippen LogP contribution in [0, 0.1) is 5.82 Å². The zero-order valence-corrected chi connectivity index (χ0v) is 10.9. The Morgan fingerprint density at radius 2 is 2.10 bits per heavy atom. The maximum atomic E-state index is 13.0. The van der Waals surface area contributed by atoms with Crippen molar-refractivity contribution in [2.45, 2.75) is 6.54 Å². The number of aromatic nitrogens is 1. The van der Waals surface area contributed by atoms with Crippen LogP contribution < -0.4 is 15.8 Å². The number of carbonyl (C=O) groups excluding carboxylic acids is 1. The normalized spacial score (nSPS) is 10.1. The monoisotopic (exact) mass is 275 g/mol. The Hall–Kier alpha value is -2.63. The first-order valence-electron chi connectivity index (χ1n) is 5.92. The van der Waals surface area contributed by atoms with Crippen molar-refractivity contribution in [2.24, 2.45) is 0 Å². The van der Waals surface area contributed by atoms with E-state index in [-0.39, 0.29) is 11.4 Å². The molecule has 0 atom stereocenters. The van der Waals surface area contributed by atoms with Gasteiger partial charge in [-0.05, 0) is 23.8 Å². The summed E-state index contributed by atoms with van der Waals surface area (Å²) in [4.78, 5) is 15.5. The zero-order chi connectivity index (χ0) is 14.5. The largest absolute Gasteiger partial charge is 0.497 e. The van der Waals surface area contributed by atoms with Gasteiger partial charge in [0, 0.05) is 6.54 Å².